The van der Waals surface area contributed by atoms with E-state index >= 15 is 4.39 Å². The standard InChI is InChI=1S/C39H63FN4O10/c1-11-15-42-27-20-24(4)51-34(30(27)46)53-33-26(6)32(47)38(8,40)35(48)52-28(12-2)39(9)31(25(5)29(45)23(3)21-37(33,7)50-10)44(36(49)54-39)18-14-13-17-43-19-16-41-22-43/h16,19,22-28,30-31,33-34,42,46H,11-15,17-18,20-21H2,1-10H3/t23-,24-,25+,26-,27+,28-,30+,31?,33-,34+,37-,38+,39-/m1/s1. The van der Waals surface area contributed by atoms with Crippen molar-refractivity contribution in [3.05, 3.63) is 18.7 Å². The number of aromatic nitrogens is 2. The van der Waals surface area contributed by atoms with Gasteiger partial charge in [-0.3, -0.25) is 9.59 Å². The number of hydrogen-bond acceptors (Lipinski definition) is 12. The fourth-order valence-corrected chi connectivity index (χ4v) is 8.75. The summed E-state index contributed by atoms with van der Waals surface area (Å²) in [6, 6.07) is -1.28. The number of ketones is 2. The van der Waals surface area contributed by atoms with Gasteiger partial charge in [0.25, 0.3) is 5.67 Å². The molecule has 1 aromatic heterocycles. The first-order chi connectivity index (χ1) is 25.4. The second-order valence-electron chi connectivity index (χ2n) is 16.1. The lowest BCUT2D eigenvalue weighted by Crippen LogP contribution is -2.62. The highest BCUT2D eigenvalue weighted by Gasteiger charge is 2.61. The highest BCUT2D eigenvalue weighted by molar-refractivity contribution is 6.08. The number of imidazole rings is 1. The maximum atomic E-state index is 16.8. The Morgan fingerprint density at radius 3 is 2.35 bits per heavy atom. The first kappa shape index (κ1) is 43.7. The molecule has 3 saturated heterocycles. The van der Waals surface area contributed by atoms with Gasteiger partial charge in [-0.1, -0.05) is 34.6 Å². The van der Waals surface area contributed by atoms with Gasteiger partial charge >= 0.3 is 12.1 Å². The Morgan fingerprint density at radius 1 is 1.06 bits per heavy atom. The van der Waals surface area contributed by atoms with Crippen LogP contribution in [0.15, 0.2) is 18.7 Å². The molecule has 3 aliphatic heterocycles. The predicted molar refractivity (Wildman–Crippen MR) is 196 cm³/mol. The molecule has 0 bridgehead atoms. The lowest BCUT2D eigenvalue weighted by molar-refractivity contribution is -0.290. The molecular weight excluding hydrogens is 703 g/mol. The molecule has 0 radical (unpaired) electrons. The largest absolute Gasteiger partial charge is 0.455 e. The molecule has 0 aliphatic carbocycles. The van der Waals surface area contributed by atoms with Crippen LogP contribution >= 0.6 is 0 Å². The smallest absolute Gasteiger partial charge is 0.410 e. The number of amides is 1. The molecule has 1 unspecified atom stereocenters. The van der Waals surface area contributed by atoms with E-state index in [1.165, 1.54) is 18.9 Å². The SMILES string of the molecule is CCCN[C@H]1C[C@@H](C)O[C@@H](O[C@@H]2[C@H](C)C(=O)[C@](C)(F)C(=O)O[C@H](CC)[C@@]3(C)OC(=O)N(CCCCn4ccnc4)C3[C@@H](C)C(=O)[C@H](C)C[C@@]2(C)OC)[C@H]1O. The molecule has 1 aromatic rings. The van der Waals surface area contributed by atoms with Crippen molar-refractivity contribution in [3.8, 4) is 0 Å². The number of carbonyl (C=O) groups excluding carboxylic acids is 4. The van der Waals surface area contributed by atoms with Crippen molar-refractivity contribution < 1.29 is 52.4 Å². The van der Waals surface area contributed by atoms with E-state index in [0.717, 1.165) is 13.3 Å². The molecule has 13 atom stereocenters. The summed E-state index contributed by atoms with van der Waals surface area (Å²) in [5.41, 5.74) is -6.15. The highest BCUT2D eigenvalue weighted by atomic mass is 19.1. The summed E-state index contributed by atoms with van der Waals surface area (Å²) < 4.78 is 49.2. The van der Waals surface area contributed by atoms with Gasteiger partial charge < -0.3 is 43.6 Å². The van der Waals surface area contributed by atoms with Gasteiger partial charge in [-0.2, -0.15) is 0 Å². The molecule has 1 amide bonds. The second-order valence-corrected chi connectivity index (χ2v) is 16.1. The third-order valence-corrected chi connectivity index (χ3v) is 11.8. The van der Waals surface area contributed by atoms with E-state index in [9.17, 15) is 24.3 Å². The number of esters is 1. The third kappa shape index (κ3) is 9.01. The van der Waals surface area contributed by atoms with E-state index in [1.807, 2.05) is 24.6 Å². The van der Waals surface area contributed by atoms with E-state index in [1.54, 1.807) is 47.1 Å². The fourth-order valence-electron chi connectivity index (χ4n) is 8.75. The number of carbonyl (C=O) groups is 4. The maximum absolute atomic E-state index is 16.8. The summed E-state index contributed by atoms with van der Waals surface area (Å²) >= 11 is 0. The Bertz CT molecular complexity index is 1450. The number of hydrogen-bond donors (Lipinski definition) is 2. The van der Waals surface area contributed by atoms with E-state index < -0.39 is 83.1 Å². The number of rotatable bonds is 12. The highest BCUT2D eigenvalue weighted by Crippen LogP contribution is 2.43. The Morgan fingerprint density at radius 2 is 1.74 bits per heavy atom. The number of fused-ring (bicyclic) bond motifs is 1. The maximum Gasteiger partial charge on any atom is 0.410 e. The van der Waals surface area contributed by atoms with Crippen LogP contribution in [0.5, 0.6) is 0 Å². The molecular formula is C39H63FN4O10. The molecule has 3 aliphatic rings. The van der Waals surface area contributed by atoms with Crippen LogP contribution in [0.4, 0.5) is 9.18 Å². The summed E-state index contributed by atoms with van der Waals surface area (Å²) in [7, 11) is 1.41. The molecule has 306 valence electrons. The van der Waals surface area contributed by atoms with Crippen LogP contribution < -0.4 is 5.32 Å². The summed E-state index contributed by atoms with van der Waals surface area (Å²) in [5.74, 6) is -5.70. The average molecular weight is 767 g/mol. The Hall–Kier alpha value is -2.98. The van der Waals surface area contributed by atoms with E-state index in [-0.39, 0.29) is 37.3 Å². The van der Waals surface area contributed by atoms with Crippen LogP contribution in [-0.4, -0.2) is 123 Å². The quantitative estimate of drug-likeness (QED) is 0.175. The van der Waals surface area contributed by atoms with Crippen LogP contribution in [0, 0.1) is 17.8 Å². The van der Waals surface area contributed by atoms with Crippen LogP contribution in [0.3, 0.4) is 0 Å². The van der Waals surface area contributed by atoms with Gasteiger partial charge in [0.15, 0.2) is 17.7 Å². The minimum absolute atomic E-state index is 0.0125. The number of aliphatic hydroxyl groups is 1. The number of nitrogens with zero attached hydrogens (tertiary/aromatic N) is 3. The van der Waals surface area contributed by atoms with Gasteiger partial charge in [0.1, 0.15) is 18.0 Å². The second kappa shape index (κ2) is 17.9. The number of aliphatic hydroxyl groups excluding tert-OH is 1. The number of ether oxygens (including phenoxy) is 5. The number of unbranched alkanes of at least 4 members (excludes halogenated alkanes) is 1. The number of nitrogens with one attached hydrogen (secondary N) is 1. The van der Waals surface area contributed by atoms with Crippen LogP contribution in [0.1, 0.15) is 101 Å². The lowest BCUT2D eigenvalue weighted by Gasteiger charge is -2.46. The topological polar surface area (TPSA) is 168 Å². The molecule has 54 heavy (non-hydrogen) atoms. The minimum atomic E-state index is -3.16. The number of cyclic esters (lactones) is 1. The molecule has 0 aromatic carbocycles. The summed E-state index contributed by atoms with van der Waals surface area (Å²) in [5, 5.41) is 14.7. The zero-order valence-corrected chi connectivity index (χ0v) is 33.7. The van der Waals surface area contributed by atoms with E-state index in [2.05, 4.69) is 10.3 Å². The van der Waals surface area contributed by atoms with Gasteiger partial charge in [-0.25, -0.2) is 19.0 Å². The van der Waals surface area contributed by atoms with Gasteiger partial charge in [0.2, 0.25) is 0 Å². The monoisotopic (exact) mass is 766 g/mol. The van der Waals surface area contributed by atoms with Gasteiger partial charge in [-0.05, 0) is 72.8 Å². The predicted octanol–water partition coefficient (Wildman–Crippen LogP) is 4.40. The first-order valence-corrected chi connectivity index (χ1v) is 19.6. The van der Waals surface area contributed by atoms with Crippen LogP contribution in [-0.2, 0) is 44.6 Å². The molecule has 15 heteroatoms. The third-order valence-electron chi connectivity index (χ3n) is 11.8. The van der Waals surface area contributed by atoms with Crippen molar-refractivity contribution in [1.29, 1.82) is 0 Å². The van der Waals surface area contributed by atoms with E-state index in [4.69, 9.17) is 23.7 Å². The molecule has 14 nitrogen and oxygen atoms in total. The zero-order chi connectivity index (χ0) is 40.2. The normalized spacial score (nSPS) is 39.9. The van der Waals surface area contributed by atoms with Crippen LogP contribution in [0.2, 0.25) is 0 Å². The molecule has 0 saturated carbocycles. The van der Waals surface area contributed by atoms with Crippen molar-refractivity contribution in [3.63, 3.8) is 0 Å². The number of aryl methyl sites for hydroxylation is 1. The zero-order valence-electron chi connectivity index (χ0n) is 33.7. The number of alkyl halides is 1. The Kier molecular flexibility index (Phi) is 14.5. The van der Waals surface area contributed by atoms with Gasteiger partial charge in [0, 0.05) is 56.4 Å². The molecule has 0 spiro atoms. The van der Waals surface area contributed by atoms with Crippen molar-refractivity contribution >= 4 is 23.6 Å². The minimum Gasteiger partial charge on any atom is -0.455 e. The van der Waals surface area contributed by atoms with Crippen molar-refractivity contribution in [2.75, 3.05) is 20.2 Å². The summed E-state index contributed by atoms with van der Waals surface area (Å²) in [4.78, 5) is 61.8. The molecule has 3 fully saturated rings. The van der Waals surface area contributed by atoms with Gasteiger partial charge in [0.05, 0.1) is 30.2 Å². The lowest BCUT2D eigenvalue weighted by atomic mass is 9.73. The summed E-state index contributed by atoms with van der Waals surface area (Å²) in [6.45, 7) is 16.1. The Labute approximate surface area is 319 Å². The van der Waals surface area contributed by atoms with Crippen molar-refractivity contribution in [1.82, 2.24) is 19.8 Å². The fraction of sp³-hybridized carbons (Fsp3) is 0.821. The average Bonchev–Trinajstić information content (AvgIpc) is 3.74. The number of methoxy groups -OCH3 is 1. The van der Waals surface area contributed by atoms with Crippen molar-refractivity contribution in [2.24, 2.45) is 17.8 Å². The molecule has 4 rings (SSSR count). The molecule has 2 N–H and O–H groups in total. The van der Waals surface area contributed by atoms with Crippen LogP contribution in [0.25, 0.3) is 0 Å². The molecule has 4 heterocycles. The summed E-state index contributed by atoms with van der Waals surface area (Å²) in [6.07, 6.45) is 2.08. The van der Waals surface area contributed by atoms with Gasteiger partial charge in [-0.15, -0.1) is 0 Å². The number of halogens is 1. The van der Waals surface area contributed by atoms with Crippen molar-refractivity contribution in [2.45, 2.75) is 167 Å². The first-order valence-electron chi connectivity index (χ1n) is 19.6. The Balaban J connectivity index is 1.74. The number of Topliss-reactive ketones (excluding diaryl/α,β-unsaturated/α-hetero) is 2. The van der Waals surface area contributed by atoms with E-state index in [0.29, 0.717) is 32.4 Å².